The van der Waals surface area contributed by atoms with Gasteiger partial charge in [0.05, 0.1) is 6.20 Å². The van der Waals surface area contributed by atoms with Crippen LogP contribution in [0.4, 0.5) is 13.2 Å². The van der Waals surface area contributed by atoms with Gasteiger partial charge >= 0.3 is 6.18 Å². The molecule has 1 rings (SSSR count). The molecule has 0 bridgehead atoms. The van der Waals surface area contributed by atoms with E-state index in [4.69, 9.17) is 0 Å². The molecule has 0 aliphatic heterocycles. The standard InChI is InChI=1S/C5H5F3N2/c1-3-2-9-10-4(3)5(6,7)8/h2H,1H3,(H,9,10). The van der Waals surface area contributed by atoms with Crippen LogP contribution in [0.3, 0.4) is 0 Å². The zero-order valence-corrected chi connectivity index (χ0v) is 5.16. The number of hydrogen-bond donors (Lipinski definition) is 1. The van der Waals surface area contributed by atoms with Crippen molar-refractivity contribution >= 4 is 0 Å². The fraction of sp³-hybridized carbons (Fsp3) is 0.400. The van der Waals surface area contributed by atoms with Crippen LogP contribution < -0.4 is 0 Å². The van der Waals surface area contributed by atoms with E-state index in [1.54, 1.807) is 0 Å². The molecule has 0 atom stereocenters. The zero-order chi connectivity index (χ0) is 7.78. The van der Waals surface area contributed by atoms with Gasteiger partial charge in [-0.3, -0.25) is 5.10 Å². The second-order valence-electron chi connectivity index (χ2n) is 1.93. The van der Waals surface area contributed by atoms with Crippen LogP contribution in [0, 0.1) is 6.92 Å². The summed E-state index contributed by atoms with van der Waals surface area (Å²) in [5.74, 6) is 0. The lowest BCUT2D eigenvalue weighted by Gasteiger charge is -2.02. The molecule has 0 saturated carbocycles. The summed E-state index contributed by atoms with van der Waals surface area (Å²) >= 11 is 0. The van der Waals surface area contributed by atoms with Crippen molar-refractivity contribution in [2.24, 2.45) is 0 Å². The topological polar surface area (TPSA) is 28.7 Å². The number of H-pyrrole nitrogens is 1. The van der Waals surface area contributed by atoms with Crippen molar-refractivity contribution in [3.05, 3.63) is 17.5 Å². The van der Waals surface area contributed by atoms with Crippen LogP contribution >= 0.6 is 0 Å². The molecule has 10 heavy (non-hydrogen) atoms. The number of alkyl halides is 3. The van der Waals surface area contributed by atoms with Gasteiger partial charge in [-0.2, -0.15) is 18.3 Å². The van der Waals surface area contributed by atoms with E-state index in [0.717, 1.165) is 6.20 Å². The van der Waals surface area contributed by atoms with Crippen LogP contribution in [0.15, 0.2) is 6.20 Å². The van der Waals surface area contributed by atoms with E-state index in [-0.39, 0.29) is 5.56 Å². The summed E-state index contributed by atoms with van der Waals surface area (Å²) in [5, 5.41) is 5.11. The van der Waals surface area contributed by atoms with Gasteiger partial charge in [0.2, 0.25) is 0 Å². The predicted octanol–water partition coefficient (Wildman–Crippen LogP) is 1.74. The molecule has 1 heterocycles. The second kappa shape index (κ2) is 2.00. The molecule has 0 unspecified atom stereocenters. The Balaban J connectivity index is 3.05. The number of hydrogen-bond acceptors (Lipinski definition) is 1. The number of nitrogens with zero attached hydrogens (tertiary/aromatic N) is 1. The lowest BCUT2D eigenvalue weighted by Crippen LogP contribution is -2.06. The Bertz CT molecular complexity index is 225. The molecular formula is C5H5F3N2. The highest BCUT2D eigenvalue weighted by molar-refractivity contribution is 5.16. The Morgan fingerprint density at radius 2 is 2.10 bits per heavy atom. The van der Waals surface area contributed by atoms with Crippen molar-refractivity contribution in [2.45, 2.75) is 13.1 Å². The minimum Gasteiger partial charge on any atom is -0.273 e. The first-order chi connectivity index (χ1) is 4.52. The molecule has 1 aromatic heterocycles. The smallest absolute Gasteiger partial charge is 0.273 e. The summed E-state index contributed by atoms with van der Waals surface area (Å²) in [6, 6.07) is 0. The molecular weight excluding hydrogens is 145 g/mol. The molecule has 2 nitrogen and oxygen atoms in total. The van der Waals surface area contributed by atoms with Crippen LogP contribution in [-0.2, 0) is 6.18 Å². The first kappa shape index (κ1) is 7.11. The first-order valence-corrected chi connectivity index (χ1v) is 2.59. The van der Waals surface area contributed by atoms with E-state index in [9.17, 15) is 13.2 Å². The van der Waals surface area contributed by atoms with Crippen molar-refractivity contribution in [3.8, 4) is 0 Å². The quantitative estimate of drug-likeness (QED) is 0.599. The van der Waals surface area contributed by atoms with Crippen molar-refractivity contribution in [3.63, 3.8) is 0 Å². The van der Waals surface area contributed by atoms with Gasteiger partial charge in [-0.15, -0.1) is 0 Å². The van der Waals surface area contributed by atoms with E-state index < -0.39 is 11.9 Å². The Hall–Kier alpha value is -1.00. The lowest BCUT2D eigenvalue weighted by atomic mass is 10.3. The highest BCUT2D eigenvalue weighted by atomic mass is 19.4. The highest BCUT2D eigenvalue weighted by Gasteiger charge is 2.34. The number of aryl methyl sites for hydroxylation is 1. The average molecular weight is 150 g/mol. The molecule has 56 valence electrons. The fourth-order valence-corrected chi connectivity index (χ4v) is 0.633. The second-order valence-corrected chi connectivity index (χ2v) is 1.93. The molecule has 0 radical (unpaired) electrons. The molecule has 0 aliphatic carbocycles. The summed E-state index contributed by atoms with van der Waals surface area (Å²) in [5.41, 5.74) is -0.653. The maximum Gasteiger partial charge on any atom is 0.433 e. The zero-order valence-electron chi connectivity index (χ0n) is 5.16. The van der Waals surface area contributed by atoms with E-state index in [1.165, 1.54) is 6.92 Å². The maximum absolute atomic E-state index is 11.8. The lowest BCUT2D eigenvalue weighted by molar-refractivity contribution is -0.141. The van der Waals surface area contributed by atoms with Gasteiger partial charge in [-0.05, 0) is 12.5 Å². The fourth-order valence-electron chi connectivity index (χ4n) is 0.633. The van der Waals surface area contributed by atoms with Gasteiger partial charge in [0.15, 0.2) is 0 Å². The average Bonchev–Trinajstić information content (AvgIpc) is 2.11. The van der Waals surface area contributed by atoms with Gasteiger partial charge in [0.25, 0.3) is 0 Å². The number of halogens is 3. The van der Waals surface area contributed by atoms with Crippen molar-refractivity contribution in [1.29, 1.82) is 0 Å². The summed E-state index contributed by atoms with van der Waals surface area (Å²) in [7, 11) is 0. The Labute approximate surface area is 55.1 Å². The third-order valence-corrected chi connectivity index (χ3v) is 1.11. The van der Waals surface area contributed by atoms with Crippen LogP contribution in [0.1, 0.15) is 11.3 Å². The minimum atomic E-state index is -4.30. The Morgan fingerprint density at radius 3 is 2.30 bits per heavy atom. The Morgan fingerprint density at radius 1 is 1.50 bits per heavy atom. The van der Waals surface area contributed by atoms with Gasteiger partial charge in [0, 0.05) is 0 Å². The molecule has 0 spiro atoms. The number of nitrogens with one attached hydrogen (secondary N) is 1. The highest BCUT2D eigenvalue weighted by Crippen LogP contribution is 2.29. The van der Waals surface area contributed by atoms with E-state index >= 15 is 0 Å². The summed E-state index contributed by atoms with van der Waals surface area (Å²) < 4.78 is 35.4. The van der Waals surface area contributed by atoms with Crippen LogP contribution in [-0.4, -0.2) is 10.2 Å². The van der Waals surface area contributed by atoms with Gasteiger partial charge in [0.1, 0.15) is 5.69 Å². The number of aromatic amines is 1. The number of aromatic nitrogens is 2. The van der Waals surface area contributed by atoms with E-state index in [1.807, 2.05) is 5.10 Å². The monoisotopic (exact) mass is 150 g/mol. The first-order valence-electron chi connectivity index (χ1n) is 2.59. The SMILES string of the molecule is Cc1cn[nH]c1C(F)(F)F. The molecule has 0 aromatic carbocycles. The summed E-state index contributed by atoms with van der Waals surface area (Å²) in [4.78, 5) is 0. The summed E-state index contributed by atoms with van der Waals surface area (Å²) in [6.07, 6.45) is -3.16. The molecule has 5 heteroatoms. The van der Waals surface area contributed by atoms with Crippen LogP contribution in [0.5, 0.6) is 0 Å². The van der Waals surface area contributed by atoms with Gasteiger partial charge < -0.3 is 0 Å². The maximum atomic E-state index is 11.8. The normalized spacial score (nSPS) is 12.0. The minimum absolute atomic E-state index is 0.118. The van der Waals surface area contributed by atoms with Gasteiger partial charge in [-0.1, -0.05) is 0 Å². The molecule has 0 fully saturated rings. The number of rotatable bonds is 0. The van der Waals surface area contributed by atoms with Crippen LogP contribution in [0.25, 0.3) is 0 Å². The van der Waals surface area contributed by atoms with Crippen molar-refractivity contribution < 1.29 is 13.2 Å². The van der Waals surface area contributed by atoms with E-state index in [2.05, 4.69) is 5.10 Å². The molecule has 0 amide bonds. The van der Waals surface area contributed by atoms with Gasteiger partial charge in [-0.25, -0.2) is 0 Å². The molecule has 0 saturated heterocycles. The molecule has 1 aromatic rings. The predicted molar refractivity (Wildman–Crippen MR) is 28.3 cm³/mol. The molecule has 0 aliphatic rings. The molecule has 1 N–H and O–H groups in total. The van der Waals surface area contributed by atoms with Crippen molar-refractivity contribution in [2.75, 3.05) is 0 Å². The third kappa shape index (κ3) is 1.12. The van der Waals surface area contributed by atoms with Crippen molar-refractivity contribution in [1.82, 2.24) is 10.2 Å². The van der Waals surface area contributed by atoms with Crippen LogP contribution in [0.2, 0.25) is 0 Å². The van der Waals surface area contributed by atoms with E-state index in [0.29, 0.717) is 0 Å². The summed E-state index contributed by atoms with van der Waals surface area (Å²) in [6.45, 7) is 1.35. The Kier molecular flexibility index (Phi) is 1.42. The third-order valence-electron chi connectivity index (χ3n) is 1.11. The largest absolute Gasteiger partial charge is 0.433 e.